The Morgan fingerprint density at radius 2 is 1.94 bits per heavy atom. The van der Waals surface area contributed by atoms with Gasteiger partial charge in [-0.2, -0.15) is 4.99 Å². The minimum Gasteiger partial charge on any atom is -0.497 e. The first-order valence-corrected chi connectivity index (χ1v) is 11.9. The number of thiazole rings is 1. The first-order valence-electron chi connectivity index (χ1n) is 10.1. The maximum Gasteiger partial charge on any atom is 0.326 e. The first-order chi connectivity index (χ1) is 15.0. The SMILES string of the molecule is CCOC(=O)Cn1c(=NC(=O)CCCSc2ccc(C)cc2)sc2cc(OC)ccc21. The molecule has 3 aromatic rings. The van der Waals surface area contributed by atoms with Crippen LogP contribution in [-0.4, -0.2) is 35.9 Å². The predicted octanol–water partition coefficient (Wildman–Crippen LogP) is 4.58. The summed E-state index contributed by atoms with van der Waals surface area (Å²) >= 11 is 3.09. The average molecular weight is 459 g/mol. The molecule has 0 radical (unpaired) electrons. The Labute approximate surface area is 189 Å². The van der Waals surface area contributed by atoms with Crippen LogP contribution in [0, 0.1) is 6.92 Å². The van der Waals surface area contributed by atoms with Crippen LogP contribution >= 0.6 is 23.1 Å². The molecule has 0 aliphatic carbocycles. The lowest BCUT2D eigenvalue weighted by Gasteiger charge is -2.05. The van der Waals surface area contributed by atoms with Crippen LogP contribution in [-0.2, 0) is 20.9 Å². The number of thioether (sulfide) groups is 1. The van der Waals surface area contributed by atoms with E-state index in [0.717, 1.165) is 22.4 Å². The van der Waals surface area contributed by atoms with Crippen molar-refractivity contribution in [2.24, 2.45) is 4.99 Å². The van der Waals surface area contributed by atoms with E-state index in [0.29, 0.717) is 23.6 Å². The van der Waals surface area contributed by atoms with E-state index < -0.39 is 0 Å². The highest BCUT2D eigenvalue weighted by Gasteiger charge is 2.13. The van der Waals surface area contributed by atoms with Gasteiger partial charge in [-0.25, -0.2) is 0 Å². The lowest BCUT2D eigenvalue weighted by atomic mass is 10.2. The van der Waals surface area contributed by atoms with Crippen molar-refractivity contribution in [1.29, 1.82) is 0 Å². The molecule has 0 fully saturated rings. The van der Waals surface area contributed by atoms with Crippen LogP contribution in [0.25, 0.3) is 10.2 Å². The largest absolute Gasteiger partial charge is 0.497 e. The summed E-state index contributed by atoms with van der Waals surface area (Å²) in [4.78, 5) is 30.6. The molecule has 6 nitrogen and oxygen atoms in total. The number of aromatic nitrogens is 1. The van der Waals surface area contributed by atoms with E-state index in [2.05, 4.69) is 36.2 Å². The fourth-order valence-corrected chi connectivity index (χ4v) is 4.89. The zero-order valence-electron chi connectivity index (χ0n) is 17.9. The number of carbonyl (C=O) groups excluding carboxylic acids is 2. The summed E-state index contributed by atoms with van der Waals surface area (Å²) in [5.74, 6) is 1.00. The lowest BCUT2D eigenvalue weighted by molar-refractivity contribution is -0.143. The third kappa shape index (κ3) is 6.45. The van der Waals surface area contributed by atoms with E-state index in [4.69, 9.17) is 9.47 Å². The van der Waals surface area contributed by atoms with Crippen molar-refractivity contribution in [2.45, 2.75) is 38.1 Å². The molecule has 0 bridgehead atoms. The van der Waals surface area contributed by atoms with E-state index in [-0.39, 0.29) is 18.4 Å². The normalized spacial score (nSPS) is 11.6. The van der Waals surface area contributed by atoms with Gasteiger partial charge in [0, 0.05) is 11.3 Å². The molecule has 8 heteroatoms. The third-order valence-corrected chi connectivity index (χ3v) is 6.67. The van der Waals surface area contributed by atoms with E-state index >= 15 is 0 Å². The van der Waals surface area contributed by atoms with Gasteiger partial charge >= 0.3 is 5.97 Å². The van der Waals surface area contributed by atoms with Gasteiger partial charge < -0.3 is 14.0 Å². The highest BCUT2D eigenvalue weighted by Crippen LogP contribution is 2.23. The number of hydrogen-bond acceptors (Lipinski definition) is 6. The maximum atomic E-state index is 12.5. The van der Waals surface area contributed by atoms with Crippen LogP contribution in [0.2, 0.25) is 0 Å². The van der Waals surface area contributed by atoms with Gasteiger partial charge in [0.2, 0.25) is 5.91 Å². The standard InChI is InChI=1S/C23H26N2O4S2/c1-4-29-22(27)15-25-19-12-9-17(28-3)14-20(19)31-23(25)24-21(26)6-5-13-30-18-10-7-16(2)8-11-18/h7-12,14H,4-6,13,15H2,1-3H3. The molecule has 164 valence electrons. The summed E-state index contributed by atoms with van der Waals surface area (Å²) in [6, 6.07) is 13.9. The van der Waals surface area contributed by atoms with Crippen LogP contribution < -0.4 is 9.54 Å². The van der Waals surface area contributed by atoms with Crippen molar-refractivity contribution < 1.29 is 19.1 Å². The summed E-state index contributed by atoms with van der Waals surface area (Å²) in [5, 5.41) is 0. The molecule has 31 heavy (non-hydrogen) atoms. The molecule has 1 aromatic heterocycles. The van der Waals surface area contributed by atoms with E-state index in [1.165, 1.54) is 21.8 Å². The van der Waals surface area contributed by atoms with Crippen LogP contribution in [0.3, 0.4) is 0 Å². The molecule has 1 amide bonds. The molecule has 2 aromatic carbocycles. The number of esters is 1. The smallest absolute Gasteiger partial charge is 0.326 e. The van der Waals surface area contributed by atoms with Crippen molar-refractivity contribution in [3.63, 3.8) is 0 Å². The quantitative estimate of drug-likeness (QED) is 0.267. The summed E-state index contributed by atoms with van der Waals surface area (Å²) in [6.45, 7) is 4.14. The van der Waals surface area contributed by atoms with Gasteiger partial charge in [0.15, 0.2) is 4.80 Å². The van der Waals surface area contributed by atoms with Crippen molar-refractivity contribution in [3.8, 4) is 5.75 Å². The molecule has 0 aliphatic heterocycles. The highest BCUT2D eigenvalue weighted by atomic mass is 32.2. The second-order valence-corrected chi connectivity index (χ2v) is 9.06. The van der Waals surface area contributed by atoms with Crippen molar-refractivity contribution >= 4 is 45.2 Å². The zero-order valence-corrected chi connectivity index (χ0v) is 19.6. The predicted molar refractivity (Wildman–Crippen MR) is 125 cm³/mol. The highest BCUT2D eigenvalue weighted by molar-refractivity contribution is 7.99. The third-order valence-electron chi connectivity index (χ3n) is 4.53. The minimum atomic E-state index is -0.360. The van der Waals surface area contributed by atoms with E-state index in [1.54, 1.807) is 30.4 Å². The number of hydrogen-bond donors (Lipinski definition) is 0. The minimum absolute atomic E-state index is 0.00948. The van der Waals surface area contributed by atoms with Gasteiger partial charge in [-0.1, -0.05) is 29.0 Å². The fourth-order valence-electron chi connectivity index (χ4n) is 2.96. The Balaban J connectivity index is 1.73. The molecule has 0 aliphatic rings. The van der Waals surface area contributed by atoms with Crippen LogP contribution in [0.15, 0.2) is 52.4 Å². The molecule has 3 rings (SSSR count). The average Bonchev–Trinajstić information content (AvgIpc) is 3.08. The van der Waals surface area contributed by atoms with Gasteiger partial charge in [-0.15, -0.1) is 11.8 Å². The summed E-state index contributed by atoms with van der Waals surface area (Å²) in [5.41, 5.74) is 2.05. The summed E-state index contributed by atoms with van der Waals surface area (Å²) in [6.07, 6.45) is 1.09. The Hall–Kier alpha value is -2.58. The van der Waals surface area contributed by atoms with E-state index in [9.17, 15) is 9.59 Å². The van der Waals surface area contributed by atoms with Gasteiger partial charge in [-0.3, -0.25) is 9.59 Å². The van der Waals surface area contributed by atoms with Gasteiger partial charge in [0.1, 0.15) is 12.3 Å². The zero-order chi connectivity index (χ0) is 22.2. The molecule has 0 N–H and O–H groups in total. The molecular weight excluding hydrogens is 432 g/mol. The second kappa shape index (κ2) is 11.2. The topological polar surface area (TPSA) is 69.9 Å². The monoisotopic (exact) mass is 458 g/mol. The van der Waals surface area contributed by atoms with Crippen LogP contribution in [0.5, 0.6) is 5.75 Å². The molecule has 0 atom stereocenters. The van der Waals surface area contributed by atoms with Crippen LogP contribution in [0.1, 0.15) is 25.3 Å². The summed E-state index contributed by atoms with van der Waals surface area (Å²) < 4.78 is 13.0. The number of benzene rings is 2. The number of ether oxygens (including phenoxy) is 2. The number of rotatable bonds is 9. The number of amides is 1. The van der Waals surface area contributed by atoms with Gasteiger partial charge in [-0.05, 0) is 56.4 Å². The number of fused-ring (bicyclic) bond motifs is 1. The second-order valence-electron chi connectivity index (χ2n) is 6.88. The maximum absolute atomic E-state index is 12.5. The number of carbonyl (C=O) groups is 2. The van der Waals surface area contributed by atoms with Crippen molar-refractivity contribution in [2.75, 3.05) is 19.5 Å². The van der Waals surface area contributed by atoms with Gasteiger partial charge in [0.05, 0.1) is 23.9 Å². The van der Waals surface area contributed by atoms with Crippen molar-refractivity contribution in [3.05, 3.63) is 52.8 Å². The first kappa shape index (κ1) is 23.1. The lowest BCUT2D eigenvalue weighted by Crippen LogP contribution is -2.23. The Kier molecular flexibility index (Phi) is 8.31. The Morgan fingerprint density at radius 1 is 1.16 bits per heavy atom. The molecule has 0 saturated carbocycles. The fraction of sp³-hybridized carbons (Fsp3) is 0.348. The van der Waals surface area contributed by atoms with E-state index in [1.807, 2.05) is 18.2 Å². The van der Waals surface area contributed by atoms with Crippen molar-refractivity contribution in [1.82, 2.24) is 4.57 Å². The van der Waals surface area contributed by atoms with Gasteiger partial charge in [0.25, 0.3) is 0 Å². The number of aryl methyl sites for hydroxylation is 1. The molecule has 0 spiro atoms. The number of methoxy groups -OCH3 is 1. The number of nitrogens with zero attached hydrogens (tertiary/aromatic N) is 2. The molecule has 1 heterocycles. The Bertz CT molecular complexity index is 1120. The molecule has 0 saturated heterocycles. The van der Waals surface area contributed by atoms with Crippen LogP contribution in [0.4, 0.5) is 0 Å². The molecular formula is C23H26N2O4S2. The molecule has 0 unspecified atom stereocenters. The Morgan fingerprint density at radius 3 is 2.65 bits per heavy atom. The summed E-state index contributed by atoms with van der Waals surface area (Å²) in [7, 11) is 1.60.